The molecule has 2 amide bonds. The number of halogens is 3. The van der Waals surface area contributed by atoms with Gasteiger partial charge in [-0.15, -0.1) is 0 Å². The molecule has 0 aliphatic carbocycles. The Balaban J connectivity index is 2.04. The Morgan fingerprint density at radius 3 is 2.52 bits per heavy atom. The summed E-state index contributed by atoms with van der Waals surface area (Å²) in [4.78, 5) is 23.3. The number of ether oxygens (including phenoxy) is 1. The molecule has 8 heteroatoms. The SMILES string of the molecule is CC(=O)Nc1ccc(NC(=O)C(C)Oc2ccc(F)cc2Br)c(Cl)c1. The number of hydrogen-bond acceptors (Lipinski definition) is 3. The summed E-state index contributed by atoms with van der Waals surface area (Å²) in [5.74, 6) is -0.719. The maximum Gasteiger partial charge on any atom is 0.265 e. The first-order valence-electron chi connectivity index (χ1n) is 7.26. The highest BCUT2D eigenvalue weighted by atomic mass is 79.9. The molecule has 132 valence electrons. The molecule has 0 aliphatic heterocycles. The number of carbonyl (C=O) groups is 2. The zero-order valence-electron chi connectivity index (χ0n) is 13.4. The molecule has 0 heterocycles. The predicted octanol–water partition coefficient (Wildman–Crippen LogP) is 4.61. The van der Waals surface area contributed by atoms with Crippen LogP contribution in [0.3, 0.4) is 0 Å². The molecule has 0 radical (unpaired) electrons. The highest BCUT2D eigenvalue weighted by Crippen LogP contribution is 2.28. The Morgan fingerprint density at radius 1 is 1.20 bits per heavy atom. The first-order chi connectivity index (χ1) is 11.8. The lowest BCUT2D eigenvalue weighted by Gasteiger charge is -2.16. The van der Waals surface area contributed by atoms with Gasteiger partial charge in [0.15, 0.2) is 6.10 Å². The Hall–Kier alpha value is -2.12. The highest BCUT2D eigenvalue weighted by molar-refractivity contribution is 9.10. The van der Waals surface area contributed by atoms with E-state index in [0.717, 1.165) is 0 Å². The van der Waals surface area contributed by atoms with Gasteiger partial charge in [-0.1, -0.05) is 11.6 Å². The summed E-state index contributed by atoms with van der Waals surface area (Å²) in [7, 11) is 0. The van der Waals surface area contributed by atoms with Gasteiger partial charge < -0.3 is 15.4 Å². The molecule has 5 nitrogen and oxygen atoms in total. The van der Waals surface area contributed by atoms with Gasteiger partial charge in [0.25, 0.3) is 5.91 Å². The van der Waals surface area contributed by atoms with Gasteiger partial charge in [-0.3, -0.25) is 9.59 Å². The van der Waals surface area contributed by atoms with Crippen molar-refractivity contribution >= 4 is 50.7 Å². The lowest BCUT2D eigenvalue weighted by molar-refractivity contribution is -0.122. The minimum atomic E-state index is -0.840. The van der Waals surface area contributed by atoms with Crippen molar-refractivity contribution in [2.24, 2.45) is 0 Å². The van der Waals surface area contributed by atoms with E-state index in [-0.39, 0.29) is 10.9 Å². The van der Waals surface area contributed by atoms with Crippen LogP contribution in [0.15, 0.2) is 40.9 Å². The summed E-state index contributed by atoms with van der Waals surface area (Å²) in [6.07, 6.45) is -0.840. The first-order valence-corrected chi connectivity index (χ1v) is 8.43. The first kappa shape index (κ1) is 19.2. The second kappa shape index (κ2) is 8.31. The molecule has 0 saturated carbocycles. The highest BCUT2D eigenvalue weighted by Gasteiger charge is 2.17. The third-order valence-corrected chi connectivity index (χ3v) is 4.05. The van der Waals surface area contributed by atoms with Crippen LogP contribution < -0.4 is 15.4 Å². The van der Waals surface area contributed by atoms with Gasteiger partial charge >= 0.3 is 0 Å². The zero-order chi connectivity index (χ0) is 18.6. The van der Waals surface area contributed by atoms with Gasteiger partial charge in [0.05, 0.1) is 15.2 Å². The van der Waals surface area contributed by atoms with Gasteiger partial charge in [0.1, 0.15) is 11.6 Å². The van der Waals surface area contributed by atoms with Crippen molar-refractivity contribution < 1.29 is 18.7 Å². The van der Waals surface area contributed by atoms with Crippen LogP contribution in [0.1, 0.15) is 13.8 Å². The van der Waals surface area contributed by atoms with Gasteiger partial charge in [0.2, 0.25) is 5.91 Å². The molecule has 0 saturated heterocycles. The molecule has 2 aromatic rings. The minimum Gasteiger partial charge on any atom is -0.480 e. The molecule has 1 atom stereocenters. The second-order valence-corrected chi connectivity index (χ2v) is 6.46. The van der Waals surface area contributed by atoms with Crippen LogP contribution in [0.2, 0.25) is 5.02 Å². The van der Waals surface area contributed by atoms with E-state index in [2.05, 4.69) is 26.6 Å². The van der Waals surface area contributed by atoms with Gasteiger partial charge in [0, 0.05) is 12.6 Å². The number of carbonyl (C=O) groups excluding carboxylic acids is 2. The van der Waals surface area contributed by atoms with E-state index in [1.54, 1.807) is 19.1 Å². The van der Waals surface area contributed by atoms with Crippen LogP contribution in [0.4, 0.5) is 15.8 Å². The molecule has 2 N–H and O–H groups in total. The van der Waals surface area contributed by atoms with Gasteiger partial charge in [-0.05, 0) is 59.3 Å². The monoisotopic (exact) mass is 428 g/mol. The fraction of sp³-hybridized carbons (Fsp3) is 0.176. The van der Waals surface area contributed by atoms with Gasteiger partial charge in [-0.25, -0.2) is 4.39 Å². The summed E-state index contributed by atoms with van der Waals surface area (Å²) in [6.45, 7) is 2.95. The van der Waals surface area contributed by atoms with Crippen LogP contribution in [0.5, 0.6) is 5.75 Å². The number of hydrogen-bond donors (Lipinski definition) is 2. The molecule has 1 unspecified atom stereocenters. The summed E-state index contributed by atoms with van der Waals surface area (Å²) >= 11 is 9.29. The van der Waals surface area contributed by atoms with E-state index >= 15 is 0 Å². The Labute approximate surface area is 157 Å². The summed E-state index contributed by atoms with van der Waals surface area (Å²) < 4.78 is 19.0. The van der Waals surface area contributed by atoms with E-state index in [1.807, 2.05) is 0 Å². The quantitative estimate of drug-likeness (QED) is 0.729. The third-order valence-electron chi connectivity index (χ3n) is 3.11. The molecule has 0 spiro atoms. The Bertz CT molecular complexity index is 816. The minimum absolute atomic E-state index is 0.222. The van der Waals surface area contributed by atoms with E-state index in [0.29, 0.717) is 21.6 Å². The van der Waals surface area contributed by atoms with Crippen LogP contribution in [-0.2, 0) is 9.59 Å². The lowest BCUT2D eigenvalue weighted by atomic mass is 10.2. The van der Waals surface area contributed by atoms with Crippen molar-refractivity contribution in [3.05, 3.63) is 51.7 Å². The maximum atomic E-state index is 13.1. The van der Waals surface area contributed by atoms with E-state index in [9.17, 15) is 14.0 Å². The third kappa shape index (κ3) is 5.44. The largest absolute Gasteiger partial charge is 0.480 e. The average molecular weight is 430 g/mol. The molecule has 0 bridgehead atoms. The molecule has 2 rings (SSSR count). The fourth-order valence-electron chi connectivity index (χ4n) is 1.95. The smallest absolute Gasteiger partial charge is 0.265 e. The van der Waals surface area contributed by atoms with Crippen LogP contribution in [0.25, 0.3) is 0 Å². The van der Waals surface area contributed by atoms with E-state index in [1.165, 1.54) is 31.2 Å². The van der Waals surface area contributed by atoms with Crippen molar-refractivity contribution in [1.29, 1.82) is 0 Å². The Morgan fingerprint density at radius 2 is 1.92 bits per heavy atom. The maximum absolute atomic E-state index is 13.1. The van der Waals surface area contributed by atoms with Crippen molar-refractivity contribution in [3.63, 3.8) is 0 Å². The zero-order valence-corrected chi connectivity index (χ0v) is 15.7. The summed E-state index contributed by atoms with van der Waals surface area (Å²) in [5, 5.41) is 5.51. The fourth-order valence-corrected chi connectivity index (χ4v) is 2.62. The summed E-state index contributed by atoms with van der Waals surface area (Å²) in [5.41, 5.74) is 0.907. The van der Waals surface area contributed by atoms with Crippen molar-refractivity contribution in [1.82, 2.24) is 0 Å². The molecular weight excluding hydrogens is 415 g/mol. The van der Waals surface area contributed by atoms with Crippen LogP contribution in [0, 0.1) is 5.82 Å². The van der Waals surface area contributed by atoms with Crippen molar-refractivity contribution in [2.45, 2.75) is 20.0 Å². The normalized spacial score (nSPS) is 11.6. The van der Waals surface area contributed by atoms with Gasteiger partial charge in [-0.2, -0.15) is 0 Å². The number of anilines is 2. The number of amides is 2. The lowest BCUT2D eigenvalue weighted by Crippen LogP contribution is -2.30. The summed E-state index contributed by atoms with van der Waals surface area (Å²) in [6, 6.07) is 8.63. The number of benzene rings is 2. The Kier molecular flexibility index (Phi) is 6.39. The average Bonchev–Trinajstić information content (AvgIpc) is 2.52. The second-order valence-electron chi connectivity index (χ2n) is 5.20. The topological polar surface area (TPSA) is 67.4 Å². The molecule has 25 heavy (non-hydrogen) atoms. The standard InChI is InChI=1S/C17H15BrClFN2O3/c1-9(25-16-6-3-11(20)7-13(16)18)17(24)22-15-5-4-12(8-14(15)19)21-10(2)23/h3-9H,1-2H3,(H,21,23)(H,22,24). The van der Waals surface area contributed by atoms with E-state index in [4.69, 9.17) is 16.3 Å². The van der Waals surface area contributed by atoms with Crippen LogP contribution in [-0.4, -0.2) is 17.9 Å². The number of rotatable bonds is 5. The molecule has 0 aromatic heterocycles. The van der Waals surface area contributed by atoms with E-state index < -0.39 is 17.8 Å². The number of nitrogens with one attached hydrogen (secondary N) is 2. The molecule has 0 aliphatic rings. The predicted molar refractivity (Wildman–Crippen MR) is 98.6 cm³/mol. The molecule has 0 fully saturated rings. The van der Waals surface area contributed by atoms with Crippen molar-refractivity contribution in [2.75, 3.05) is 10.6 Å². The molecular formula is C17H15BrClFN2O3. The molecule has 2 aromatic carbocycles. The van der Waals surface area contributed by atoms with Crippen molar-refractivity contribution in [3.8, 4) is 5.75 Å². The van der Waals surface area contributed by atoms with Crippen LogP contribution >= 0.6 is 27.5 Å².